The van der Waals surface area contributed by atoms with Gasteiger partial charge in [-0.2, -0.15) is 0 Å². The molecular formula is C8H14N2OS. The third kappa shape index (κ3) is 2.03. The van der Waals surface area contributed by atoms with E-state index in [9.17, 15) is 5.11 Å². The summed E-state index contributed by atoms with van der Waals surface area (Å²) >= 11 is 1.50. The van der Waals surface area contributed by atoms with Crippen LogP contribution in [0, 0.1) is 6.92 Å². The summed E-state index contributed by atoms with van der Waals surface area (Å²) in [6.45, 7) is 3.88. The van der Waals surface area contributed by atoms with E-state index in [0.717, 1.165) is 16.3 Å². The molecule has 0 saturated carbocycles. The van der Waals surface area contributed by atoms with E-state index in [1.807, 2.05) is 13.8 Å². The Morgan fingerprint density at radius 3 is 2.83 bits per heavy atom. The van der Waals surface area contributed by atoms with Gasteiger partial charge in [-0.25, -0.2) is 4.98 Å². The number of nitrogens with two attached hydrogens (primary N) is 1. The summed E-state index contributed by atoms with van der Waals surface area (Å²) in [6.07, 6.45) is 1.92. The van der Waals surface area contributed by atoms with E-state index in [0.29, 0.717) is 0 Å². The zero-order valence-electron chi connectivity index (χ0n) is 7.32. The fourth-order valence-electron chi connectivity index (χ4n) is 0.949. The van der Waals surface area contributed by atoms with Crippen LogP contribution in [0.5, 0.6) is 0 Å². The van der Waals surface area contributed by atoms with Crippen LogP contribution in [0.15, 0.2) is 6.20 Å². The molecule has 2 atom stereocenters. The van der Waals surface area contributed by atoms with Crippen LogP contribution in [0.1, 0.15) is 29.3 Å². The fourth-order valence-corrected chi connectivity index (χ4v) is 1.80. The molecule has 0 radical (unpaired) electrons. The van der Waals surface area contributed by atoms with Gasteiger partial charge in [0.2, 0.25) is 0 Å². The predicted octanol–water partition coefficient (Wildman–Crippen LogP) is 1.22. The van der Waals surface area contributed by atoms with Gasteiger partial charge in [-0.05, 0) is 13.3 Å². The topological polar surface area (TPSA) is 59.1 Å². The summed E-state index contributed by atoms with van der Waals surface area (Å²) in [4.78, 5) is 4.92. The van der Waals surface area contributed by atoms with Gasteiger partial charge in [0.25, 0.3) is 0 Å². The van der Waals surface area contributed by atoms with Gasteiger partial charge in [-0.1, -0.05) is 6.92 Å². The molecule has 0 saturated heterocycles. The largest absolute Gasteiger partial charge is 0.386 e. The highest BCUT2D eigenvalue weighted by Gasteiger charge is 2.16. The maximum atomic E-state index is 9.65. The van der Waals surface area contributed by atoms with Gasteiger partial charge in [0.05, 0.1) is 9.88 Å². The summed E-state index contributed by atoms with van der Waals surface area (Å²) in [5.74, 6) is 0. The Balaban J connectivity index is 2.70. The quantitative estimate of drug-likeness (QED) is 0.746. The minimum absolute atomic E-state index is 0.176. The molecule has 1 aromatic rings. The van der Waals surface area contributed by atoms with E-state index in [2.05, 4.69) is 4.98 Å². The Labute approximate surface area is 76.3 Å². The van der Waals surface area contributed by atoms with Crippen molar-refractivity contribution in [3.63, 3.8) is 0 Å². The first kappa shape index (κ1) is 9.64. The molecule has 2 unspecified atom stereocenters. The van der Waals surface area contributed by atoms with Crippen molar-refractivity contribution in [2.24, 2.45) is 5.73 Å². The van der Waals surface area contributed by atoms with Crippen LogP contribution in [0.3, 0.4) is 0 Å². The first-order valence-corrected chi connectivity index (χ1v) is 4.82. The molecule has 0 bridgehead atoms. The number of hydrogen-bond donors (Lipinski definition) is 2. The zero-order valence-corrected chi connectivity index (χ0v) is 8.14. The van der Waals surface area contributed by atoms with Crippen molar-refractivity contribution in [3.8, 4) is 0 Å². The fraction of sp³-hybridized carbons (Fsp3) is 0.625. The van der Waals surface area contributed by atoms with Crippen molar-refractivity contribution in [3.05, 3.63) is 16.1 Å². The maximum absolute atomic E-state index is 9.65. The first-order valence-electron chi connectivity index (χ1n) is 4.01. The van der Waals surface area contributed by atoms with Gasteiger partial charge in [-0.15, -0.1) is 11.3 Å². The molecule has 0 fully saturated rings. The molecule has 0 amide bonds. The minimum atomic E-state index is -0.554. The second-order valence-corrected chi connectivity index (χ2v) is 4.06. The highest BCUT2D eigenvalue weighted by molar-refractivity contribution is 7.11. The molecule has 0 aliphatic heterocycles. The standard InChI is InChI=1S/C8H14N2OS/c1-3-6(9)8(11)7-4-10-5(2)12-7/h4,6,8,11H,3,9H2,1-2H3. The Morgan fingerprint density at radius 2 is 2.42 bits per heavy atom. The summed E-state index contributed by atoms with van der Waals surface area (Å²) in [5.41, 5.74) is 5.69. The van der Waals surface area contributed by atoms with Crippen molar-refractivity contribution in [1.82, 2.24) is 4.98 Å². The highest BCUT2D eigenvalue weighted by atomic mass is 32.1. The number of aliphatic hydroxyl groups excluding tert-OH is 1. The zero-order chi connectivity index (χ0) is 9.14. The Kier molecular flexibility index (Phi) is 3.20. The van der Waals surface area contributed by atoms with Crippen molar-refractivity contribution in [2.75, 3.05) is 0 Å². The molecule has 0 aliphatic carbocycles. The average Bonchev–Trinajstić information content (AvgIpc) is 2.49. The van der Waals surface area contributed by atoms with Crippen LogP contribution in [-0.4, -0.2) is 16.1 Å². The van der Waals surface area contributed by atoms with Crippen LogP contribution in [0.25, 0.3) is 0 Å². The van der Waals surface area contributed by atoms with E-state index >= 15 is 0 Å². The highest BCUT2D eigenvalue weighted by Crippen LogP contribution is 2.23. The number of aromatic nitrogens is 1. The lowest BCUT2D eigenvalue weighted by Crippen LogP contribution is -2.26. The Morgan fingerprint density at radius 1 is 1.75 bits per heavy atom. The third-order valence-corrected chi connectivity index (χ3v) is 2.79. The number of aliphatic hydroxyl groups is 1. The van der Waals surface area contributed by atoms with Gasteiger partial charge in [0, 0.05) is 12.2 Å². The van der Waals surface area contributed by atoms with Crippen LogP contribution in [-0.2, 0) is 0 Å². The van der Waals surface area contributed by atoms with Crippen LogP contribution in [0.2, 0.25) is 0 Å². The number of hydrogen-bond acceptors (Lipinski definition) is 4. The molecule has 3 N–H and O–H groups in total. The number of rotatable bonds is 3. The van der Waals surface area contributed by atoms with Gasteiger partial charge in [0.15, 0.2) is 0 Å². The van der Waals surface area contributed by atoms with Crippen LogP contribution >= 0.6 is 11.3 Å². The Hall–Kier alpha value is -0.450. The number of nitrogens with zero attached hydrogens (tertiary/aromatic N) is 1. The number of thiazole rings is 1. The van der Waals surface area contributed by atoms with E-state index in [1.165, 1.54) is 11.3 Å². The molecule has 1 rings (SSSR count). The minimum Gasteiger partial charge on any atom is -0.386 e. The molecule has 3 nitrogen and oxygen atoms in total. The molecule has 0 aromatic carbocycles. The lowest BCUT2D eigenvalue weighted by molar-refractivity contribution is 0.148. The number of aryl methyl sites for hydroxylation is 1. The molecule has 1 heterocycles. The summed E-state index contributed by atoms with van der Waals surface area (Å²) < 4.78 is 0. The first-order chi connectivity index (χ1) is 5.65. The van der Waals surface area contributed by atoms with E-state index < -0.39 is 6.10 Å². The molecule has 12 heavy (non-hydrogen) atoms. The monoisotopic (exact) mass is 186 g/mol. The van der Waals surface area contributed by atoms with Gasteiger partial charge in [0.1, 0.15) is 6.10 Å². The van der Waals surface area contributed by atoms with E-state index in [1.54, 1.807) is 6.20 Å². The third-order valence-electron chi connectivity index (χ3n) is 1.81. The molecular weight excluding hydrogens is 172 g/mol. The molecule has 4 heteroatoms. The molecule has 0 aliphatic rings. The molecule has 0 spiro atoms. The van der Waals surface area contributed by atoms with Crippen molar-refractivity contribution in [2.45, 2.75) is 32.4 Å². The van der Waals surface area contributed by atoms with Crippen molar-refractivity contribution >= 4 is 11.3 Å². The SMILES string of the molecule is CCC(N)C(O)c1cnc(C)s1. The van der Waals surface area contributed by atoms with Crippen LogP contribution in [0.4, 0.5) is 0 Å². The van der Waals surface area contributed by atoms with E-state index in [-0.39, 0.29) is 6.04 Å². The molecule has 1 aromatic heterocycles. The summed E-state index contributed by atoms with van der Waals surface area (Å²) in [6, 6.07) is -0.176. The smallest absolute Gasteiger partial charge is 0.105 e. The van der Waals surface area contributed by atoms with E-state index in [4.69, 9.17) is 5.73 Å². The van der Waals surface area contributed by atoms with Crippen molar-refractivity contribution < 1.29 is 5.11 Å². The lowest BCUT2D eigenvalue weighted by atomic mass is 10.1. The lowest BCUT2D eigenvalue weighted by Gasteiger charge is -2.14. The normalized spacial score (nSPS) is 16.0. The second-order valence-electron chi connectivity index (χ2n) is 2.80. The average molecular weight is 186 g/mol. The Bertz CT molecular complexity index is 249. The summed E-state index contributed by atoms with van der Waals surface area (Å²) in [5, 5.41) is 10.6. The van der Waals surface area contributed by atoms with Gasteiger partial charge >= 0.3 is 0 Å². The maximum Gasteiger partial charge on any atom is 0.105 e. The molecule has 68 valence electrons. The van der Waals surface area contributed by atoms with Crippen molar-refractivity contribution in [1.29, 1.82) is 0 Å². The predicted molar refractivity (Wildman–Crippen MR) is 50.1 cm³/mol. The van der Waals surface area contributed by atoms with Crippen LogP contribution < -0.4 is 5.73 Å². The van der Waals surface area contributed by atoms with Gasteiger partial charge in [-0.3, -0.25) is 0 Å². The van der Waals surface area contributed by atoms with Gasteiger partial charge < -0.3 is 10.8 Å². The second kappa shape index (κ2) is 3.98. The summed E-state index contributed by atoms with van der Waals surface area (Å²) in [7, 11) is 0.